The largest absolute Gasteiger partial charge is 0.488 e. The average molecular weight is 226 g/mol. The first-order chi connectivity index (χ1) is 7.25. The summed E-state index contributed by atoms with van der Waals surface area (Å²) < 4.78 is 4.94. The van der Waals surface area contributed by atoms with Gasteiger partial charge in [-0.3, -0.25) is 0 Å². The van der Waals surface area contributed by atoms with Gasteiger partial charge in [-0.05, 0) is 11.0 Å². The molecular weight excluding hydrogens is 211 g/mol. The van der Waals surface area contributed by atoms with Crippen LogP contribution in [0.2, 0.25) is 0 Å². The molecule has 0 heterocycles. The van der Waals surface area contributed by atoms with Gasteiger partial charge in [0.1, 0.15) is 0 Å². The minimum Gasteiger partial charge on any atom is -0.423 e. The van der Waals surface area contributed by atoms with Crippen LogP contribution in [0, 0.1) is 0 Å². The molecule has 0 aromatic heterocycles. The van der Waals surface area contributed by atoms with Crippen LogP contribution < -0.4 is 5.46 Å². The van der Waals surface area contributed by atoms with Crippen LogP contribution in [0.4, 0.5) is 0 Å². The maximum absolute atomic E-state index is 9.13. The van der Waals surface area contributed by atoms with Crippen molar-refractivity contribution in [3.05, 3.63) is 29.8 Å². The number of rotatable bonds is 6. The van der Waals surface area contributed by atoms with Crippen molar-refractivity contribution in [2.45, 2.75) is 5.75 Å². The van der Waals surface area contributed by atoms with Crippen molar-refractivity contribution in [1.29, 1.82) is 0 Å². The van der Waals surface area contributed by atoms with E-state index in [-0.39, 0.29) is 0 Å². The number of hydrogen-bond donors (Lipinski definition) is 2. The van der Waals surface area contributed by atoms with E-state index in [4.69, 9.17) is 14.8 Å². The molecule has 5 heteroatoms. The van der Waals surface area contributed by atoms with E-state index in [9.17, 15) is 0 Å². The molecule has 0 fully saturated rings. The summed E-state index contributed by atoms with van der Waals surface area (Å²) in [6.45, 7) is 0.717. The fourth-order valence-corrected chi connectivity index (χ4v) is 2.15. The molecule has 1 rings (SSSR count). The minimum atomic E-state index is -1.38. The number of thioether (sulfide) groups is 1. The molecule has 15 heavy (non-hydrogen) atoms. The van der Waals surface area contributed by atoms with Crippen LogP contribution in [0.25, 0.3) is 0 Å². The normalized spacial score (nSPS) is 10.3. The van der Waals surface area contributed by atoms with Gasteiger partial charge in [0.05, 0.1) is 6.61 Å². The first kappa shape index (κ1) is 12.6. The molecule has 0 amide bonds. The van der Waals surface area contributed by atoms with Crippen LogP contribution in [-0.4, -0.2) is 36.6 Å². The molecule has 1 aromatic rings. The molecule has 0 aliphatic heterocycles. The minimum absolute atomic E-state index is 0.586. The lowest BCUT2D eigenvalue weighted by Crippen LogP contribution is -2.32. The predicted octanol–water partition coefficient (Wildman–Crippen LogP) is 0.246. The molecule has 0 aliphatic rings. The Balaban J connectivity index is 2.52. The highest BCUT2D eigenvalue weighted by Gasteiger charge is 2.14. The molecule has 2 N–H and O–H groups in total. The number of ether oxygens (including phenoxy) is 1. The van der Waals surface area contributed by atoms with E-state index in [1.807, 2.05) is 12.1 Å². The molecule has 0 unspecified atom stereocenters. The Morgan fingerprint density at radius 1 is 1.33 bits per heavy atom. The molecule has 0 saturated heterocycles. The van der Waals surface area contributed by atoms with Crippen molar-refractivity contribution in [1.82, 2.24) is 0 Å². The zero-order valence-electron chi connectivity index (χ0n) is 8.72. The van der Waals surface area contributed by atoms with Gasteiger partial charge in [-0.2, -0.15) is 11.8 Å². The van der Waals surface area contributed by atoms with E-state index >= 15 is 0 Å². The second-order valence-corrected chi connectivity index (χ2v) is 4.22. The van der Waals surface area contributed by atoms with Crippen LogP contribution >= 0.6 is 11.8 Å². The molecule has 0 spiro atoms. The van der Waals surface area contributed by atoms with Gasteiger partial charge < -0.3 is 14.8 Å². The average Bonchev–Trinajstić information content (AvgIpc) is 2.25. The standard InChI is InChI=1S/C10H15BO3S/c1-14-6-7-15-8-9-4-2-3-5-10(9)11(12)13/h2-5,12-13H,6-8H2,1H3. The first-order valence-corrected chi connectivity index (χ1v) is 5.91. The Labute approximate surface area is 94.6 Å². The Bertz CT molecular complexity index is 294. The maximum atomic E-state index is 9.13. The van der Waals surface area contributed by atoms with Gasteiger partial charge in [-0.15, -0.1) is 0 Å². The first-order valence-electron chi connectivity index (χ1n) is 4.76. The summed E-state index contributed by atoms with van der Waals surface area (Å²) in [5, 5.41) is 18.3. The third-order valence-corrected chi connectivity index (χ3v) is 2.99. The molecule has 1 aromatic carbocycles. The van der Waals surface area contributed by atoms with Gasteiger partial charge >= 0.3 is 7.12 Å². The zero-order valence-corrected chi connectivity index (χ0v) is 9.54. The van der Waals surface area contributed by atoms with E-state index < -0.39 is 7.12 Å². The highest BCUT2D eigenvalue weighted by Crippen LogP contribution is 2.10. The van der Waals surface area contributed by atoms with E-state index in [2.05, 4.69) is 0 Å². The van der Waals surface area contributed by atoms with E-state index in [0.29, 0.717) is 12.1 Å². The summed E-state index contributed by atoms with van der Waals surface area (Å²) >= 11 is 1.72. The topological polar surface area (TPSA) is 49.7 Å². The van der Waals surface area contributed by atoms with Gasteiger partial charge in [0, 0.05) is 18.6 Å². The maximum Gasteiger partial charge on any atom is 0.488 e. The fourth-order valence-electron chi connectivity index (χ4n) is 1.24. The van der Waals surface area contributed by atoms with E-state index in [1.165, 1.54) is 0 Å². The predicted molar refractivity (Wildman–Crippen MR) is 64.3 cm³/mol. The van der Waals surface area contributed by atoms with Crippen LogP contribution in [-0.2, 0) is 10.5 Å². The lowest BCUT2D eigenvalue weighted by atomic mass is 9.77. The van der Waals surface area contributed by atoms with E-state index in [0.717, 1.165) is 17.1 Å². The third-order valence-electron chi connectivity index (χ3n) is 2.02. The highest BCUT2D eigenvalue weighted by atomic mass is 32.2. The van der Waals surface area contributed by atoms with Crippen LogP contribution in [0.5, 0.6) is 0 Å². The number of hydrogen-bond acceptors (Lipinski definition) is 4. The lowest BCUT2D eigenvalue weighted by molar-refractivity contribution is 0.218. The third kappa shape index (κ3) is 4.26. The molecule has 0 aliphatic carbocycles. The molecule has 0 atom stereocenters. The fraction of sp³-hybridized carbons (Fsp3) is 0.400. The molecule has 0 bridgehead atoms. The van der Waals surface area contributed by atoms with Gasteiger partial charge in [0.25, 0.3) is 0 Å². The smallest absolute Gasteiger partial charge is 0.423 e. The molecule has 3 nitrogen and oxygen atoms in total. The molecular formula is C10H15BO3S. The summed E-state index contributed by atoms with van der Waals surface area (Å²) in [6.07, 6.45) is 0. The molecule has 82 valence electrons. The summed E-state index contributed by atoms with van der Waals surface area (Å²) in [5.41, 5.74) is 1.55. The van der Waals surface area contributed by atoms with Crippen molar-refractivity contribution in [3.8, 4) is 0 Å². The quantitative estimate of drug-likeness (QED) is 0.539. The van der Waals surface area contributed by atoms with Gasteiger partial charge in [0.15, 0.2) is 0 Å². The Morgan fingerprint density at radius 3 is 2.73 bits per heavy atom. The van der Waals surface area contributed by atoms with Crippen molar-refractivity contribution in [2.24, 2.45) is 0 Å². The SMILES string of the molecule is COCCSCc1ccccc1B(O)O. The van der Waals surface area contributed by atoms with Crippen LogP contribution in [0.1, 0.15) is 5.56 Å². The summed E-state index contributed by atoms with van der Waals surface area (Å²) in [7, 11) is 0.288. The Morgan fingerprint density at radius 2 is 2.07 bits per heavy atom. The van der Waals surface area contributed by atoms with Crippen molar-refractivity contribution in [2.75, 3.05) is 19.5 Å². The number of methoxy groups -OCH3 is 1. The van der Waals surface area contributed by atoms with Crippen molar-refractivity contribution >= 4 is 24.3 Å². The molecule has 0 radical (unpaired) electrons. The van der Waals surface area contributed by atoms with Crippen molar-refractivity contribution < 1.29 is 14.8 Å². The zero-order chi connectivity index (χ0) is 11.1. The summed E-state index contributed by atoms with van der Waals surface area (Å²) in [4.78, 5) is 0. The van der Waals surface area contributed by atoms with Crippen molar-refractivity contribution in [3.63, 3.8) is 0 Å². The summed E-state index contributed by atoms with van der Waals surface area (Å²) in [6, 6.07) is 7.35. The van der Waals surface area contributed by atoms with Crippen LogP contribution in [0.15, 0.2) is 24.3 Å². The van der Waals surface area contributed by atoms with Gasteiger partial charge in [-0.25, -0.2) is 0 Å². The second-order valence-electron chi connectivity index (χ2n) is 3.12. The second kappa shape index (κ2) is 6.90. The Hall–Kier alpha value is -0.485. The summed E-state index contributed by atoms with van der Waals surface area (Å²) in [5.74, 6) is 1.68. The monoisotopic (exact) mass is 226 g/mol. The Kier molecular flexibility index (Phi) is 5.79. The highest BCUT2D eigenvalue weighted by molar-refractivity contribution is 7.98. The van der Waals surface area contributed by atoms with Gasteiger partial charge in [0.2, 0.25) is 0 Å². The molecule has 0 saturated carbocycles. The van der Waals surface area contributed by atoms with E-state index in [1.54, 1.807) is 31.0 Å². The van der Waals surface area contributed by atoms with Crippen LogP contribution in [0.3, 0.4) is 0 Å². The number of benzene rings is 1. The lowest BCUT2D eigenvalue weighted by Gasteiger charge is -2.07. The van der Waals surface area contributed by atoms with Gasteiger partial charge in [-0.1, -0.05) is 24.3 Å².